The molecule has 0 atom stereocenters. The zero-order valence-corrected chi connectivity index (χ0v) is 12.4. The molecule has 0 radical (unpaired) electrons. The Hall–Kier alpha value is -0.170. The van der Waals surface area contributed by atoms with E-state index in [-0.39, 0.29) is 0 Å². The lowest BCUT2D eigenvalue weighted by Crippen LogP contribution is -2.56. The third-order valence-electron chi connectivity index (χ3n) is 3.48. The molecule has 1 saturated carbocycles. The first-order valence-electron chi connectivity index (χ1n) is 6.88. The first-order chi connectivity index (χ1) is 8.39. The molecule has 0 aromatic carbocycles. The highest BCUT2D eigenvalue weighted by Gasteiger charge is 2.33. The van der Waals surface area contributed by atoms with Gasteiger partial charge in [0.1, 0.15) is 0 Å². The molecular formula is C12H27N3O2S. The summed E-state index contributed by atoms with van der Waals surface area (Å²) in [6.07, 6.45) is 6.11. The van der Waals surface area contributed by atoms with Crippen LogP contribution < -0.4 is 15.2 Å². The molecule has 5 nitrogen and oxygen atoms in total. The van der Waals surface area contributed by atoms with E-state index in [1.807, 2.05) is 13.8 Å². The standard InChI is InChI=1S/C12H27N3O2S/c1-11(2)9-14-18(16,17)15-12(10-13)7-5-3-4-6-8-12/h11,14-15H,3-10,13H2,1-2H3. The van der Waals surface area contributed by atoms with Gasteiger partial charge in [-0.15, -0.1) is 0 Å². The van der Waals surface area contributed by atoms with Crippen LogP contribution in [0.5, 0.6) is 0 Å². The van der Waals surface area contributed by atoms with Gasteiger partial charge in [-0.05, 0) is 18.8 Å². The SMILES string of the molecule is CC(C)CNS(=O)(=O)NC1(CN)CCCCCC1. The van der Waals surface area contributed by atoms with Crippen molar-refractivity contribution in [1.82, 2.24) is 9.44 Å². The van der Waals surface area contributed by atoms with Crippen molar-refractivity contribution in [2.75, 3.05) is 13.1 Å². The fourth-order valence-electron chi connectivity index (χ4n) is 2.35. The highest BCUT2D eigenvalue weighted by molar-refractivity contribution is 7.87. The van der Waals surface area contributed by atoms with Gasteiger partial charge in [0.25, 0.3) is 10.2 Å². The van der Waals surface area contributed by atoms with Gasteiger partial charge < -0.3 is 5.73 Å². The van der Waals surface area contributed by atoms with Crippen LogP contribution in [0.3, 0.4) is 0 Å². The van der Waals surface area contributed by atoms with E-state index in [9.17, 15) is 8.42 Å². The van der Waals surface area contributed by atoms with Crippen LogP contribution in [0.4, 0.5) is 0 Å². The van der Waals surface area contributed by atoms with Crippen LogP contribution in [0, 0.1) is 5.92 Å². The Morgan fingerprint density at radius 3 is 2.17 bits per heavy atom. The quantitative estimate of drug-likeness (QED) is 0.636. The largest absolute Gasteiger partial charge is 0.329 e. The van der Waals surface area contributed by atoms with Gasteiger partial charge in [0.05, 0.1) is 0 Å². The van der Waals surface area contributed by atoms with Gasteiger partial charge in [-0.3, -0.25) is 0 Å². The summed E-state index contributed by atoms with van der Waals surface area (Å²) in [5, 5.41) is 0. The van der Waals surface area contributed by atoms with Crippen molar-refractivity contribution in [1.29, 1.82) is 0 Å². The van der Waals surface area contributed by atoms with Crippen LogP contribution in [0.2, 0.25) is 0 Å². The second-order valence-electron chi connectivity index (χ2n) is 5.75. The Bertz CT molecular complexity index is 333. The van der Waals surface area contributed by atoms with E-state index >= 15 is 0 Å². The molecule has 0 amide bonds. The van der Waals surface area contributed by atoms with E-state index in [0.717, 1.165) is 25.7 Å². The smallest absolute Gasteiger partial charge is 0.277 e. The summed E-state index contributed by atoms with van der Waals surface area (Å²) in [5.74, 6) is 0.296. The highest BCUT2D eigenvalue weighted by Crippen LogP contribution is 2.26. The zero-order chi connectivity index (χ0) is 13.6. The summed E-state index contributed by atoms with van der Waals surface area (Å²) in [4.78, 5) is 0. The Kier molecular flexibility index (Phi) is 6.04. The van der Waals surface area contributed by atoms with Crippen LogP contribution in [0.15, 0.2) is 0 Å². The fourth-order valence-corrected chi connectivity index (χ4v) is 3.83. The molecule has 18 heavy (non-hydrogen) atoms. The molecule has 0 bridgehead atoms. The Morgan fingerprint density at radius 1 is 1.17 bits per heavy atom. The lowest BCUT2D eigenvalue weighted by atomic mass is 9.92. The van der Waals surface area contributed by atoms with Crippen molar-refractivity contribution in [3.05, 3.63) is 0 Å². The molecule has 0 spiro atoms. The van der Waals surface area contributed by atoms with E-state index < -0.39 is 15.7 Å². The maximum Gasteiger partial charge on any atom is 0.277 e. The molecule has 0 saturated heterocycles. The van der Waals surface area contributed by atoms with Crippen LogP contribution in [0.25, 0.3) is 0 Å². The molecular weight excluding hydrogens is 250 g/mol. The number of hydrogen-bond acceptors (Lipinski definition) is 3. The Labute approximate surface area is 111 Å². The van der Waals surface area contributed by atoms with Crippen LogP contribution in [0.1, 0.15) is 52.4 Å². The zero-order valence-electron chi connectivity index (χ0n) is 11.5. The predicted molar refractivity (Wildman–Crippen MR) is 74.4 cm³/mol. The van der Waals surface area contributed by atoms with E-state index in [1.54, 1.807) is 0 Å². The second kappa shape index (κ2) is 6.84. The summed E-state index contributed by atoms with van der Waals surface area (Å²) in [5.41, 5.74) is 5.37. The molecule has 1 aliphatic rings. The maximum atomic E-state index is 12.0. The van der Waals surface area contributed by atoms with Gasteiger partial charge in [0.2, 0.25) is 0 Å². The monoisotopic (exact) mass is 277 g/mol. The Balaban J connectivity index is 2.65. The van der Waals surface area contributed by atoms with Crippen molar-refractivity contribution < 1.29 is 8.42 Å². The summed E-state index contributed by atoms with van der Waals surface area (Å²) in [6, 6.07) is 0. The highest BCUT2D eigenvalue weighted by atomic mass is 32.2. The normalized spacial score (nSPS) is 20.9. The molecule has 108 valence electrons. The average Bonchev–Trinajstić information content (AvgIpc) is 2.52. The van der Waals surface area contributed by atoms with Crippen molar-refractivity contribution in [3.8, 4) is 0 Å². The minimum absolute atomic E-state index is 0.296. The second-order valence-corrected chi connectivity index (χ2v) is 7.25. The molecule has 0 aromatic rings. The summed E-state index contributed by atoms with van der Waals surface area (Å²) < 4.78 is 29.4. The first-order valence-corrected chi connectivity index (χ1v) is 8.36. The molecule has 0 aliphatic heterocycles. The first kappa shape index (κ1) is 15.9. The topological polar surface area (TPSA) is 84.2 Å². The van der Waals surface area contributed by atoms with E-state index in [0.29, 0.717) is 19.0 Å². The number of rotatable bonds is 6. The molecule has 6 heteroatoms. The van der Waals surface area contributed by atoms with Gasteiger partial charge in [-0.2, -0.15) is 13.1 Å². The summed E-state index contributed by atoms with van der Waals surface area (Å²) >= 11 is 0. The summed E-state index contributed by atoms with van der Waals surface area (Å²) in [6.45, 7) is 4.78. The lowest BCUT2D eigenvalue weighted by molar-refractivity contribution is 0.340. The predicted octanol–water partition coefficient (Wildman–Crippen LogP) is 1.12. The van der Waals surface area contributed by atoms with E-state index in [1.165, 1.54) is 12.8 Å². The third kappa shape index (κ3) is 5.22. The average molecular weight is 277 g/mol. The van der Waals surface area contributed by atoms with Crippen LogP contribution in [-0.4, -0.2) is 27.0 Å². The van der Waals surface area contributed by atoms with Crippen molar-refractivity contribution >= 4 is 10.2 Å². The Morgan fingerprint density at radius 2 is 1.72 bits per heavy atom. The van der Waals surface area contributed by atoms with Gasteiger partial charge in [0, 0.05) is 18.6 Å². The molecule has 0 aromatic heterocycles. The minimum atomic E-state index is -3.44. The van der Waals surface area contributed by atoms with Crippen molar-refractivity contribution in [2.45, 2.75) is 57.9 Å². The molecule has 1 rings (SSSR count). The molecule has 0 heterocycles. The van der Waals surface area contributed by atoms with Crippen LogP contribution in [-0.2, 0) is 10.2 Å². The number of hydrogen-bond donors (Lipinski definition) is 3. The van der Waals surface area contributed by atoms with Gasteiger partial charge >= 0.3 is 0 Å². The van der Waals surface area contributed by atoms with Crippen molar-refractivity contribution in [3.63, 3.8) is 0 Å². The number of nitrogens with two attached hydrogens (primary N) is 1. The molecule has 4 N–H and O–H groups in total. The van der Waals surface area contributed by atoms with E-state index in [2.05, 4.69) is 9.44 Å². The van der Waals surface area contributed by atoms with E-state index in [4.69, 9.17) is 5.73 Å². The fraction of sp³-hybridized carbons (Fsp3) is 1.00. The summed E-state index contributed by atoms with van der Waals surface area (Å²) in [7, 11) is -3.44. The molecule has 0 unspecified atom stereocenters. The van der Waals surface area contributed by atoms with Gasteiger partial charge in [0.15, 0.2) is 0 Å². The van der Waals surface area contributed by atoms with Crippen LogP contribution >= 0.6 is 0 Å². The lowest BCUT2D eigenvalue weighted by Gasteiger charge is -2.32. The number of nitrogens with one attached hydrogen (secondary N) is 2. The molecule has 1 aliphatic carbocycles. The third-order valence-corrected chi connectivity index (χ3v) is 4.73. The van der Waals surface area contributed by atoms with Crippen molar-refractivity contribution in [2.24, 2.45) is 11.7 Å². The maximum absolute atomic E-state index is 12.0. The van der Waals surface area contributed by atoms with Gasteiger partial charge in [-0.1, -0.05) is 39.5 Å². The minimum Gasteiger partial charge on any atom is -0.329 e. The van der Waals surface area contributed by atoms with Gasteiger partial charge in [-0.25, -0.2) is 4.72 Å². The molecule has 1 fully saturated rings.